The van der Waals surface area contributed by atoms with E-state index in [9.17, 15) is 13.2 Å². The summed E-state index contributed by atoms with van der Waals surface area (Å²) in [5.41, 5.74) is 1.61. The Morgan fingerprint density at radius 2 is 1.88 bits per heavy atom. The molecule has 3 heterocycles. The van der Waals surface area contributed by atoms with Crippen LogP contribution in [0.3, 0.4) is 0 Å². The van der Waals surface area contributed by atoms with Gasteiger partial charge in [0.25, 0.3) is 0 Å². The van der Waals surface area contributed by atoms with Gasteiger partial charge in [0.1, 0.15) is 0 Å². The average Bonchev–Trinajstić information content (AvgIpc) is 3.14. The zero-order chi connectivity index (χ0) is 18.1. The average molecular weight is 392 g/mol. The molecule has 6 nitrogen and oxygen atoms in total. The Hall–Kier alpha value is -1.74. The molecule has 0 saturated carbocycles. The third-order valence-corrected chi connectivity index (χ3v) is 7.66. The van der Waals surface area contributed by atoms with Gasteiger partial charge in [0.15, 0.2) is 0 Å². The lowest BCUT2D eigenvalue weighted by molar-refractivity contribution is -0.116. The van der Waals surface area contributed by atoms with Gasteiger partial charge in [-0.1, -0.05) is 6.07 Å². The number of nitrogens with zero attached hydrogens (tertiary/aromatic N) is 2. The molecule has 0 unspecified atom stereocenters. The molecule has 26 heavy (non-hydrogen) atoms. The summed E-state index contributed by atoms with van der Waals surface area (Å²) in [4.78, 5) is 15.4. The molecule has 1 aromatic carbocycles. The van der Waals surface area contributed by atoms with Crippen LogP contribution in [0.1, 0.15) is 16.9 Å². The van der Waals surface area contributed by atoms with Crippen LogP contribution in [-0.2, 0) is 27.8 Å². The number of aryl methyl sites for hydroxylation is 1. The van der Waals surface area contributed by atoms with Gasteiger partial charge in [-0.2, -0.15) is 4.31 Å². The number of carbonyl (C=O) groups is 1. The first-order chi connectivity index (χ1) is 12.5. The van der Waals surface area contributed by atoms with E-state index in [1.165, 1.54) is 4.88 Å². The van der Waals surface area contributed by atoms with E-state index in [1.807, 2.05) is 6.07 Å². The number of piperazine rings is 1. The van der Waals surface area contributed by atoms with Gasteiger partial charge in [0.05, 0.1) is 4.90 Å². The van der Waals surface area contributed by atoms with Crippen LogP contribution in [0, 0.1) is 0 Å². The van der Waals surface area contributed by atoms with E-state index in [2.05, 4.69) is 21.7 Å². The first-order valence-electron chi connectivity index (χ1n) is 8.70. The SMILES string of the molecule is O=C1CCc2cc(S(=O)(=O)N3CCN(Cc4cccs4)CC3)ccc2N1. The topological polar surface area (TPSA) is 69.7 Å². The van der Waals surface area contributed by atoms with Crippen LogP contribution < -0.4 is 5.32 Å². The maximum atomic E-state index is 13.0. The Labute approximate surface area is 157 Å². The second kappa shape index (κ2) is 7.11. The molecule has 138 valence electrons. The van der Waals surface area contributed by atoms with Gasteiger partial charge in [0.2, 0.25) is 15.9 Å². The lowest BCUT2D eigenvalue weighted by Gasteiger charge is -2.33. The number of anilines is 1. The summed E-state index contributed by atoms with van der Waals surface area (Å²) < 4.78 is 27.5. The normalized spacial score (nSPS) is 19.2. The van der Waals surface area contributed by atoms with Gasteiger partial charge in [-0.15, -0.1) is 11.3 Å². The fourth-order valence-electron chi connectivity index (χ4n) is 3.42. The van der Waals surface area contributed by atoms with Crippen molar-refractivity contribution in [2.75, 3.05) is 31.5 Å². The highest BCUT2D eigenvalue weighted by molar-refractivity contribution is 7.89. The molecule has 2 aliphatic heterocycles. The monoisotopic (exact) mass is 391 g/mol. The Morgan fingerprint density at radius 3 is 2.62 bits per heavy atom. The fourth-order valence-corrected chi connectivity index (χ4v) is 5.64. The first kappa shape index (κ1) is 17.7. The first-order valence-corrected chi connectivity index (χ1v) is 11.0. The van der Waals surface area contributed by atoms with E-state index in [0.29, 0.717) is 30.8 Å². The molecule has 0 aliphatic carbocycles. The molecule has 1 saturated heterocycles. The highest BCUT2D eigenvalue weighted by Crippen LogP contribution is 2.27. The minimum atomic E-state index is -3.50. The number of thiophene rings is 1. The van der Waals surface area contributed by atoms with Crippen molar-refractivity contribution in [3.8, 4) is 0 Å². The number of benzene rings is 1. The Bertz CT molecular complexity index is 902. The van der Waals surface area contributed by atoms with Crippen LogP contribution >= 0.6 is 11.3 Å². The number of hydrogen-bond acceptors (Lipinski definition) is 5. The van der Waals surface area contributed by atoms with Crippen LogP contribution in [0.25, 0.3) is 0 Å². The van der Waals surface area contributed by atoms with Crippen molar-refractivity contribution in [1.82, 2.24) is 9.21 Å². The zero-order valence-corrected chi connectivity index (χ0v) is 16.0. The maximum Gasteiger partial charge on any atom is 0.243 e. The summed E-state index contributed by atoms with van der Waals surface area (Å²) in [5.74, 6) is -0.0185. The van der Waals surface area contributed by atoms with Crippen molar-refractivity contribution in [3.05, 3.63) is 46.2 Å². The second-order valence-electron chi connectivity index (χ2n) is 6.63. The van der Waals surface area contributed by atoms with E-state index in [4.69, 9.17) is 0 Å². The van der Waals surface area contributed by atoms with Gasteiger partial charge in [0, 0.05) is 49.7 Å². The number of carbonyl (C=O) groups excluding carboxylic acids is 1. The molecule has 1 aromatic heterocycles. The molecular weight excluding hydrogens is 370 g/mol. The predicted molar refractivity (Wildman–Crippen MR) is 102 cm³/mol. The minimum absolute atomic E-state index is 0.0185. The van der Waals surface area contributed by atoms with Crippen molar-refractivity contribution in [2.24, 2.45) is 0 Å². The van der Waals surface area contributed by atoms with Gasteiger partial charge in [-0.25, -0.2) is 8.42 Å². The molecule has 4 rings (SSSR count). The number of amides is 1. The summed E-state index contributed by atoms with van der Waals surface area (Å²) in [7, 11) is -3.50. The largest absolute Gasteiger partial charge is 0.326 e. The molecule has 1 N–H and O–H groups in total. The smallest absolute Gasteiger partial charge is 0.243 e. The van der Waals surface area contributed by atoms with Crippen LogP contribution in [0.5, 0.6) is 0 Å². The quantitative estimate of drug-likeness (QED) is 0.867. The highest BCUT2D eigenvalue weighted by Gasteiger charge is 2.29. The van der Waals surface area contributed by atoms with Crippen molar-refractivity contribution >= 4 is 33.0 Å². The molecule has 1 fully saturated rings. The summed E-state index contributed by atoms with van der Waals surface area (Å²) in [6.07, 6.45) is 0.983. The minimum Gasteiger partial charge on any atom is -0.326 e. The third-order valence-electron chi connectivity index (χ3n) is 4.90. The molecule has 0 spiro atoms. The van der Waals surface area contributed by atoms with E-state index in [1.54, 1.807) is 33.8 Å². The number of fused-ring (bicyclic) bond motifs is 1. The van der Waals surface area contributed by atoms with Crippen LogP contribution in [0.15, 0.2) is 40.6 Å². The Morgan fingerprint density at radius 1 is 1.08 bits per heavy atom. The number of rotatable bonds is 4. The van der Waals surface area contributed by atoms with Gasteiger partial charge in [-0.3, -0.25) is 9.69 Å². The van der Waals surface area contributed by atoms with Crippen molar-refractivity contribution < 1.29 is 13.2 Å². The third kappa shape index (κ3) is 3.55. The predicted octanol–water partition coefficient (Wildman–Crippen LogP) is 2.14. The summed E-state index contributed by atoms with van der Waals surface area (Å²) in [5, 5.41) is 4.86. The fraction of sp³-hybridized carbons (Fsp3) is 0.389. The van der Waals surface area contributed by atoms with Crippen LogP contribution in [0.4, 0.5) is 5.69 Å². The molecule has 1 amide bonds. The van der Waals surface area contributed by atoms with Gasteiger partial charge < -0.3 is 5.32 Å². The molecule has 8 heteroatoms. The summed E-state index contributed by atoms with van der Waals surface area (Å²) in [6.45, 7) is 3.35. The lowest BCUT2D eigenvalue weighted by atomic mass is 10.0. The van der Waals surface area contributed by atoms with Gasteiger partial charge >= 0.3 is 0 Å². The number of nitrogens with one attached hydrogen (secondary N) is 1. The van der Waals surface area contributed by atoms with E-state index >= 15 is 0 Å². The zero-order valence-electron chi connectivity index (χ0n) is 14.3. The van der Waals surface area contributed by atoms with E-state index in [0.717, 1.165) is 30.9 Å². The van der Waals surface area contributed by atoms with Gasteiger partial charge in [-0.05, 0) is 41.6 Å². The van der Waals surface area contributed by atoms with Crippen molar-refractivity contribution in [1.29, 1.82) is 0 Å². The van der Waals surface area contributed by atoms with E-state index in [-0.39, 0.29) is 5.91 Å². The Kier molecular flexibility index (Phi) is 4.83. The number of hydrogen-bond donors (Lipinski definition) is 1. The molecule has 0 bridgehead atoms. The van der Waals surface area contributed by atoms with Crippen molar-refractivity contribution in [3.63, 3.8) is 0 Å². The molecule has 0 radical (unpaired) electrons. The maximum absolute atomic E-state index is 13.0. The molecule has 2 aromatic rings. The molecule has 0 atom stereocenters. The Balaban J connectivity index is 1.45. The lowest BCUT2D eigenvalue weighted by Crippen LogP contribution is -2.48. The van der Waals surface area contributed by atoms with E-state index < -0.39 is 10.0 Å². The second-order valence-corrected chi connectivity index (χ2v) is 9.60. The van der Waals surface area contributed by atoms with Crippen LogP contribution in [-0.4, -0.2) is 49.7 Å². The summed E-state index contributed by atoms with van der Waals surface area (Å²) in [6, 6.07) is 9.16. The van der Waals surface area contributed by atoms with Crippen LogP contribution in [0.2, 0.25) is 0 Å². The molecular formula is C18H21N3O3S2. The molecule has 2 aliphatic rings. The summed E-state index contributed by atoms with van der Waals surface area (Å²) >= 11 is 1.73. The van der Waals surface area contributed by atoms with Crippen molar-refractivity contribution in [2.45, 2.75) is 24.3 Å². The standard InChI is InChI=1S/C18H21N3O3S2/c22-18-6-3-14-12-16(4-5-17(14)19-18)26(23,24)21-9-7-20(8-10-21)13-15-2-1-11-25-15/h1-2,4-5,11-12H,3,6-10,13H2,(H,19,22). The number of sulfonamides is 1. The highest BCUT2D eigenvalue weighted by atomic mass is 32.2.